The molecule has 3 N–H and O–H groups in total. The fourth-order valence-corrected chi connectivity index (χ4v) is 2.21. The van der Waals surface area contributed by atoms with Crippen molar-refractivity contribution in [3.8, 4) is 0 Å². The lowest BCUT2D eigenvalue weighted by Gasteiger charge is -2.17. The van der Waals surface area contributed by atoms with Gasteiger partial charge in [-0.2, -0.15) is 5.10 Å². The van der Waals surface area contributed by atoms with Crippen LogP contribution in [-0.4, -0.2) is 22.0 Å². The smallest absolute Gasteiger partial charge is 0.252 e. The number of aromatic amines is 1. The summed E-state index contributed by atoms with van der Waals surface area (Å²) < 4.78 is 5.13. The quantitative estimate of drug-likeness (QED) is 0.602. The molecular formula is C18H16N4O3. The monoisotopic (exact) mass is 336 g/mol. The average molecular weight is 336 g/mol. The van der Waals surface area contributed by atoms with Crippen LogP contribution in [0.3, 0.4) is 0 Å². The molecule has 3 aromatic rings. The number of hydrogen-bond acceptors (Lipinski definition) is 4. The summed E-state index contributed by atoms with van der Waals surface area (Å²) in [5.41, 5.74) is 0.666. The molecule has 0 bridgehead atoms. The van der Waals surface area contributed by atoms with E-state index in [0.29, 0.717) is 17.1 Å². The molecule has 7 nitrogen and oxygen atoms in total. The highest BCUT2D eigenvalue weighted by molar-refractivity contribution is 6.00. The van der Waals surface area contributed by atoms with Gasteiger partial charge >= 0.3 is 0 Å². The van der Waals surface area contributed by atoms with Crippen LogP contribution in [0, 0.1) is 0 Å². The summed E-state index contributed by atoms with van der Waals surface area (Å²) >= 11 is 0. The number of nitrogens with zero attached hydrogens (tertiary/aromatic N) is 1. The molecular weight excluding hydrogens is 320 g/mol. The van der Waals surface area contributed by atoms with Crippen molar-refractivity contribution in [2.75, 3.05) is 5.32 Å². The molecule has 0 fully saturated rings. The second-order valence-corrected chi connectivity index (χ2v) is 5.16. The molecule has 0 aliphatic heterocycles. The molecule has 25 heavy (non-hydrogen) atoms. The van der Waals surface area contributed by atoms with Gasteiger partial charge in [-0.05, 0) is 23.8 Å². The normalized spacial score (nSPS) is 12.0. The maximum absolute atomic E-state index is 12.6. The van der Waals surface area contributed by atoms with Gasteiger partial charge in [-0.3, -0.25) is 14.7 Å². The van der Waals surface area contributed by atoms with Crippen molar-refractivity contribution in [3.05, 3.63) is 78.4 Å². The van der Waals surface area contributed by atoms with Gasteiger partial charge in [-0.25, -0.2) is 0 Å². The van der Waals surface area contributed by atoms with Gasteiger partial charge in [0.2, 0.25) is 5.91 Å². The molecule has 1 atom stereocenters. The standard InChI is InChI=1S/C18H16N4O3/c23-16(9-8-14-7-4-12-25-14)21-17(13-5-2-1-3-6-13)18(24)20-15-10-11-19-22-15/h1-12,17H,(H,21,23)(H2,19,20,22,24)/b9-8+/t17-/m1/s1. The molecule has 2 amide bonds. The van der Waals surface area contributed by atoms with Gasteiger partial charge < -0.3 is 15.1 Å². The third kappa shape index (κ3) is 4.44. The molecule has 0 saturated carbocycles. The Kier molecular flexibility index (Phi) is 5.06. The lowest BCUT2D eigenvalue weighted by atomic mass is 10.1. The van der Waals surface area contributed by atoms with Gasteiger partial charge in [0.25, 0.3) is 5.91 Å². The predicted molar refractivity (Wildman–Crippen MR) is 92.3 cm³/mol. The summed E-state index contributed by atoms with van der Waals surface area (Å²) in [6.45, 7) is 0. The molecule has 126 valence electrons. The molecule has 0 radical (unpaired) electrons. The number of hydrogen-bond donors (Lipinski definition) is 3. The van der Waals surface area contributed by atoms with Crippen molar-refractivity contribution < 1.29 is 14.0 Å². The van der Waals surface area contributed by atoms with E-state index < -0.39 is 11.9 Å². The van der Waals surface area contributed by atoms with Crippen LogP contribution in [0.4, 0.5) is 5.82 Å². The van der Waals surface area contributed by atoms with Gasteiger partial charge in [0, 0.05) is 12.1 Å². The van der Waals surface area contributed by atoms with E-state index in [0.717, 1.165) is 0 Å². The summed E-state index contributed by atoms with van der Waals surface area (Å²) in [5, 5.41) is 11.8. The van der Waals surface area contributed by atoms with Crippen molar-refractivity contribution >= 4 is 23.7 Å². The highest BCUT2D eigenvalue weighted by atomic mass is 16.3. The van der Waals surface area contributed by atoms with Gasteiger partial charge in [0.05, 0.1) is 12.5 Å². The van der Waals surface area contributed by atoms with E-state index in [1.165, 1.54) is 24.6 Å². The Balaban J connectivity index is 1.74. The Morgan fingerprint density at radius 1 is 1.12 bits per heavy atom. The van der Waals surface area contributed by atoms with Crippen molar-refractivity contribution in [2.24, 2.45) is 0 Å². The van der Waals surface area contributed by atoms with Gasteiger partial charge in [0.1, 0.15) is 17.6 Å². The maximum atomic E-state index is 12.6. The van der Waals surface area contributed by atoms with Crippen LogP contribution in [0.2, 0.25) is 0 Å². The van der Waals surface area contributed by atoms with Crippen molar-refractivity contribution in [2.45, 2.75) is 6.04 Å². The second kappa shape index (κ2) is 7.78. The molecule has 2 heterocycles. The van der Waals surface area contributed by atoms with Crippen LogP contribution < -0.4 is 10.6 Å². The topological polar surface area (TPSA) is 100 Å². The summed E-state index contributed by atoms with van der Waals surface area (Å²) in [6.07, 6.45) is 5.89. The first-order valence-electron chi connectivity index (χ1n) is 7.59. The zero-order valence-electron chi connectivity index (χ0n) is 13.2. The molecule has 7 heteroatoms. The first-order valence-corrected chi connectivity index (χ1v) is 7.59. The Labute approximate surface area is 143 Å². The lowest BCUT2D eigenvalue weighted by molar-refractivity contribution is -0.124. The number of furan rings is 1. The van der Waals surface area contributed by atoms with Gasteiger partial charge in [-0.15, -0.1) is 0 Å². The van der Waals surface area contributed by atoms with Crippen LogP contribution in [0.1, 0.15) is 17.4 Å². The summed E-state index contributed by atoms with van der Waals surface area (Å²) in [6, 6.07) is 13.2. The number of benzene rings is 1. The molecule has 2 aromatic heterocycles. The molecule has 0 aliphatic carbocycles. The van der Waals surface area contributed by atoms with Crippen molar-refractivity contribution in [1.29, 1.82) is 0 Å². The minimum atomic E-state index is -0.849. The Morgan fingerprint density at radius 2 is 1.96 bits per heavy atom. The fourth-order valence-electron chi connectivity index (χ4n) is 2.21. The Hall–Kier alpha value is -3.61. The molecule has 0 saturated heterocycles. The molecule has 0 unspecified atom stereocenters. The number of aromatic nitrogens is 2. The number of anilines is 1. The van der Waals surface area contributed by atoms with E-state index in [4.69, 9.17) is 4.42 Å². The van der Waals surface area contributed by atoms with Crippen LogP contribution >= 0.6 is 0 Å². The van der Waals surface area contributed by atoms with E-state index in [1.54, 1.807) is 42.5 Å². The number of H-pyrrole nitrogens is 1. The summed E-state index contributed by atoms with van der Waals surface area (Å²) in [4.78, 5) is 24.8. The Bertz CT molecular complexity index is 840. The third-order valence-corrected chi connectivity index (χ3v) is 3.38. The minimum Gasteiger partial charge on any atom is -0.465 e. The van der Waals surface area contributed by atoms with Crippen molar-refractivity contribution in [3.63, 3.8) is 0 Å². The zero-order valence-corrected chi connectivity index (χ0v) is 13.2. The largest absolute Gasteiger partial charge is 0.465 e. The number of carbonyl (C=O) groups is 2. The molecule has 0 spiro atoms. The summed E-state index contributed by atoms with van der Waals surface area (Å²) in [7, 11) is 0. The first kappa shape index (κ1) is 16.3. The number of nitrogens with one attached hydrogen (secondary N) is 3. The highest BCUT2D eigenvalue weighted by Crippen LogP contribution is 2.15. The molecule has 1 aromatic carbocycles. The zero-order chi connectivity index (χ0) is 17.5. The maximum Gasteiger partial charge on any atom is 0.252 e. The molecule has 3 rings (SSSR count). The fraction of sp³-hybridized carbons (Fsp3) is 0.0556. The lowest BCUT2D eigenvalue weighted by Crippen LogP contribution is -2.36. The van der Waals surface area contributed by atoms with E-state index >= 15 is 0 Å². The average Bonchev–Trinajstić information content (AvgIpc) is 3.32. The van der Waals surface area contributed by atoms with Crippen LogP contribution in [0.25, 0.3) is 6.08 Å². The first-order chi connectivity index (χ1) is 12.2. The van der Waals surface area contributed by atoms with E-state index in [-0.39, 0.29) is 5.91 Å². The molecule has 0 aliphatic rings. The van der Waals surface area contributed by atoms with E-state index in [9.17, 15) is 9.59 Å². The van der Waals surface area contributed by atoms with E-state index in [2.05, 4.69) is 20.8 Å². The highest BCUT2D eigenvalue weighted by Gasteiger charge is 2.22. The number of rotatable bonds is 6. The number of amides is 2. The minimum absolute atomic E-state index is 0.379. The van der Waals surface area contributed by atoms with Crippen LogP contribution in [0.5, 0.6) is 0 Å². The van der Waals surface area contributed by atoms with Crippen molar-refractivity contribution in [1.82, 2.24) is 15.5 Å². The summed E-state index contributed by atoms with van der Waals surface area (Å²) in [5.74, 6) is 0.208. The van der Waals surface area contributed by atoms with Gasteiger partial charge in [-0.1, -0.05) is 30.3 Å². The second-order valence-electron chi connectivity index (χ2n) is 5.16. The van der Waals surface area contributed by atoms with Crippen LogP contribution in [0.15, 0.2) is 71.5 Å². The van der Waals surface area contributed by atoms with Crippen LogP contribution in [-0.2, 0) is 9.59 Å². The SMILES string of the molecule is O=C(/C=C/c1ccco1)N[C@@H](C(=O)Nc1ccn[nH]1)c1ccccc1. The Morgan fingerprint density at radius 3 is 2.64 bits per heavy atom. The number of carbonyl (C=O) groups excluding carboxylic acids is 2. The predicted octanol–water partition coefficient (Wildman–Crippen LogP) is 2.51. The van der Waals surface area contributed by atoms with E-state index in [1.807, 2.05) is 6.07 Å². The third-order valence-electron chi connectivity index (χ3n) is 3.38. The van der Waals surface area contributed by atoms with Gasteiger partial charge in [0.15, 0.2) is 0 Å².